The van der Waals surface area contributed by atoms with E-state index in [0.29, 0.717) is 12.8 Å². The Morgan fingerprint density at radius 3 is 2.86 bits per heavy atom. The Morgan fingerprint density at radius 2 is 2.14 bits per heavy atom. The molecule has 5 heteroatoms. The number of benzene rings is 1. The van der Waals surface area contributed by atoms with Gasteiger partial charge in [0.25, 0.3) is 0 Å². The van der Waals surface area contributed by atoms with Gasteiger partial charge in [-0.05, 0) is 30.2 Å². The van der Waals surface area contributed by atoms with Crippen LogP contribution in [0.5, 0.6) is 0 Å². The normalized spacial score (nSPS) is 10.2. The highest BCUT2D eigenvalue weighted by Crippen LogP contribution is 2.22. The molecule has 1 heterocycles. The van der Waals surface area contributed by atoms with Gasteiger partial charge in [-0.1, -0.05) is 12.1 Å². The summed E-state index contributed by atoms with van der Waals surface area (Å²) < 4.78 is 0. The number of nitrogens with zero attached hydrogens (tertiary/aromatic N) is 2. The monoisotopic (exact) mass is 284 g/mol. The molecule has 0 atom stereocenters. The molecule has 0 saturated carbocycles. The third-order valence-electron chi connectivity index (χ3n) is 3.15. The average Bonchev–Trinajstić information content (AvgIpc) is 2.45. The Labute approximate surface area is 124 Å². The zero-order valence-corrected chi connectivity index (χ0v) is 12.3. The lowest BCUT2D eigenvalue weighted by Gasteiger charge is -2.17. The van der Waals surface area contributed by atoms with Crippen LogP contribution in [-0.2, 0) is 11.2 Å². The van der Waals surface area contributed by atoms with E-state index in [1.807, 2.05) is 49.3 Å². The lowest BCUT2D eigenvalue weighted by molar-refractivity contribution is -0.116. The van der Waals surface area contributed by atoms with Gasteiger partial charge >= 0.3 is 0 Å². The molecule has 0 fully saturated rings. The first-order chi connectivity index (χ1) is 10.1. The second-order valence-corrected chi connectivity index (χ2v) is 5.08. The van der Waals surface area contributed by atoms with Crippen LogP contribution in [0.25, 0.3) is 0 Å². The number of aromatic nitrogens is 1. The van der Waals surface area contributed by atoms with E-state index in [1.165, 1.54) is 0 Å². The number of hydrogen-bond donors (Lipinski definition) is 2. The number of anilines is 3. The average molecular weight is 284 g/mol. The van der Waals surface area contributed by atoms with Crippen molar-refractivity contribution in [1.29, 1.82) is 0 Å². The van der Waals surface area contributed by atoms with Crippen LogP contribution in [0, 0.1) is 0 Å². The first-order valence-corrected chi connectivity index (χ1v) is 6.82. The fourth-order valence-corrected chi connectivity index (χ4v) is 2.09. The molecule has 21 heavy (non-hydrogen) atoms. The van der Waals surface area contributed by atoms with Gasteiger partial charge in [-0.25, -0.2) is 0 Å². The zero-order chi connectivity index (χ0) is 15.2. The Hall–Kier alpha value is -2.56. The fourth-order valence-electron chi connectivity index (χ4n) is 2.09. The Bertz CT molecular complexity index is 625. The highest BCUT2D eigenvalue weighted by molar-refractivity contribution is 5.94. The summed E-state index contributed by atoms with van der Waals surface area (Å²) in [7, 11) is 3.86. The Kier molecular flexibility index (Phi) is 4.77. The van der Waals surface area contributed by atoms with Crippen molar-refractivity contribution in [2.45, 2.75) is 12.8 Å². The number of rotatable bonds is 5. The molecule has 3 N–H and O–H groups in total. The fraction of sp³-hybridized carbons (Fsp3) is 0.250. The van der Waals surface area contributed by atoms with Gasteiger partial charge in [-0.15, -0.1) is 0 Å². The Morgan fingerprint density at radius 1 is 1.33 bits per heavy atom. The predicted octanol–water partition coefficient (Wildman–Crippen LogP) is 2.30. The van der Waals surface area contributed by atoms with Gasteiger partial charge in [0.15, 0.2) is 0 Å². The van der Waals surface area contributed by atoms with Gasteiger partial charge in [-0.3, -0.25) is 9.78 Å². The lowest BCUT2D eigenvalue weighted by Crippen LogP contribution is -2.17. The largest absolute Gasteiger partial charge is 0.399 e. The molecular formula is C16H20N4O. The lowest BCUT2D eigenvalue weighted by atomic mass is 10.1. The third-order valence-corrected chi connectivity index (χ3v) is 3.15. The number of carbonyl (C=O) groups is 1. The van der Waals surface area contributed by atoms with Crippen LogP contribution < -0.4 is 16.0 Å². The second-order valence-electron chi connectivity index (χ2n) is 5.08. The summed E-state index contributed by atoms with van der Waals surface area (Å²) in [6.45, 7) is 0. The minimum Gasteiger partial charge on any atom is -0.399 e. The topological polar surface area (TPSA) is 71.2 Å². The van der Waals surface area contributed by atoms with Gasteiger partial charge < -0.3 is 16.0 Å². The first kappa shape index (κ1) is 14.8. The van der Waals surface area contributed by atoms with E-state index in [4.69, 9.17) is 5.73 Å². The molecule has 1 aromatic heterocycles. The van der Waals surface area contributed by atoms with E-state index in [-0.39, 0.29) is 5.91 Å². The molecule has 2 aromatic rings. The molecule has 1 aromatic carbocycles. The molecule has 2 rings (SSSR count). The second kappa shape index (κ2) is 6.74. The van der Waals surface area contributed by atoms with E-state index >= 15 is 0 Å². The third kappa shape index (κ3) is 4.21. The van der Waals surface area contributed by atoms with E-state index in [1.54, 1.807) is 12.4 Å². The maximum absolute atomic E-state index is 12.1. The number of nitrogen functional groups attached to an aromatic ring is 1. The molecule has 0 bridgehead atoms. The summed E-state index contributed by atoms with van der Waals surface area (Å²) in [4.78, 5) is 18.0. The number of pyridine rings is 1. The van der Waals surface area contributed by atoms with Crippen molar-refractivity contribution in [2.24, 2.45) is 0 Å². The standard InChI is InChI=1S/C16H20N4O/c1-20(2)15-8-9-18-11-14(15)19-16(21)7-6-12-4-3-5-13(17)10-12/h3-5,8-11H,6-7,17H2,1-2H3,(H,19,21). The smallest absolute Gasteiger partial charge is 0.224 e. The molecule has 0 aliphatic carbocycles. The van der Waals surface area contributed by atoms with Gasteiger partial charge in [0, 0.05) is 32.4 Å². The van der Waals surface area contributed by atoms with E-state index in [9.17, 15) is 4.79 Å². The van der Waals surface area contributed by atoms with Crippen molar-refractivity contribution in [3.8, 4) is 0 Å². The van der Waals surface area contributed by atoms with Crippen LogP contribution in [0.2, 0.25) is 0 Å². The molecule has 110 valence electrons. The Balaban J connectivity index is 1.96. The number of aryl methyl sites for hydroxylation is 1. The minimum atomic E-state index is -0.0338. The van der Waals surface area contributed by atoms with Gasteiger partial charge in [-0.2, -0.15) is 0 Å². The molecule has 0 aliphatic heterocycles. The van der Waals surface area contributed by atoms with Crippen LogP contribution in [-0.4, -0.2) is 25.0 Å². The summed E-state index contributed by atoms with van der Waals surface area (Å²) >= 11 is 0. The molecule has 0 aliphatic rings. The molecule has 5 nitrogen and oxygen atoms in total. The highest BCUT2D eigenvalue weighted by atomic mass is 16.1. The maximum atomic E-state index is 12.1. The van der Waals surface area contributed by atoms with Crippen molar-refractivity contribution >= 4 is 23.0 Å². The summed E-state index contributed by atoms with van der Waals surface area (Å²) in [6, 6.07) is 9.46. The maximum Gasteiger partial charge on any atom is 0.224 e. The van der Waals surface area contributed by atoms with E-state index < -0.39 is 0 Å². The van der Waals surface area contributed by atoms with Crippen molar-refractivity contribution < 1.29 is 4.79 Å². The molecule has 0 saturated heterocycles. The van der Waals surface area contributed by atoms with Crippen molar-refractivity contribution in [3.63, 3.8) is 0 Å². The molecule has 0 spiro atoms. The summed E-state index contributed by atoms with van der Waals surface area (Å²) in [5.74, 6) is -0.0338. The molecule has 0 unspecified atom stereocenters. The molecule has 1 amide bonds. The summed E-state index contributed by atoms with van der Waals surface area (Å²) in [5, 5.41) is 2.90. The molecule has 0 radical (unpaired) electrons. The summed E-state index contributed by atoms with van der Waals surface area (Å²) in [5.41, 5.74) is 9.16. The number of hydrogen-bond acceptors (Lipinski definition) is 4. The quantitative estimate of drug-likeness (QED) is 0.826. The molecular weight excluding hydrogens is 264 g/mol. The van der Waals surface area contributed by atoms with Gasteiger partial charge in [0.2, 0.25) is 5.91 Å². The van der Waals surface area contributed by atoms with Crippen molar-refractivity contribution in [1.82, 2.24) is 4.98 Å². The van der Waals surface area contributed by atoms with Crippen molar-refractivity contribution in [3.05, 3.63) is 48.3 Å². The van der Waals surface area contributed by atoms with E-state index in [0.717, 1.165) is 22.6 Å². The van der Waals surface area contributed by atoms with Crippen LogP contribution in [0.4, 0.5) is 17.1 Å². The van der Waals surface area contributed by atoms with E-state index in [2.05, 4.69) is 10.3 Å². The van der Waals surface area contributed by atoms with Crippen molar-refractivity contribution in [2.75, 3.05) is 30.0 Å². The minimum absolute atomic E-state index is 0.0338. The van der Waals surface area contributed by atoms with Crippen LogP contribution in [0.1, 0.15) is 12.0 Å². The number of amides is 1. The number of nitrogens with two attached hydrogens (primary N) is 1. The van der Waals surface area contributed by atoms with Crippen LogP contribution >= 0.6 is 0 Å². The van der Waals surface area contributed by atoms with Crippen LogP contribution in [0.3, 0.4) is 0 Å². The highest BCUT2D eigenvalue weighted by Gasteiger charge is 2.08. The predicted molar refractivity (Wildman–Crippen MR) is 86.4 cm³/mol. The zero-order valence-electron chi connectivity index (χ0n) is 12.3. The first-order valence-electron chi connectivity index (χ1n) is 6.82. The number of nitrogens with one attached hydrogen (secondary N) is 1. The van der Waals surface area contributed by atoms with Gasteiger partial charge in [0.1, 0.15) is 0 Å². The SMILES string of the molecule is CN(C)c1ccncc1NC(=O)CCc1cccc(N)c1. The van der Waals surface area contributed by atoms with Crippen LogP contribution in [0.15, 0.2) is 42.7 Å². The number of carbonyl (C=O) groups excluding carboxylic acids is 1. The summed E-state index contributed by atoms with van der Waals surface area (Å²) in [6.07, 6.45) is 4.44. The van der Waals surface area contributed by atoms with Gasteiger partial charge in [0.05, 0.1) is 17.6 Å².